The molecule has 2 rings (SSSR count). The van der Waals surface area contributed by atoms with Crippen molar-refractivity contribution in [1.29, 1.82) is 0 Å². The van der Waals surface area contributed by atoms with Crippen molar-refractivity contribution in [3.05, 3.63) is 59.7 Å². The molecule has 2 aromatic rings. The van der Waals surface area contributed by atoms with Crippen LogP contribution in [0.5, 0.6) is 5.75 Å². The van der Waals surface area contributed by atoms with E-state index in [1.165, 1.54) is 0 Å². The Morgan fingerprint density at radius 3 is 2.62 bits per heavy atom. The van der Waals surface area contributed by atoms with Gasteiger partial charge in [0.25, 0.3) is 0 Å². The second kappa shape index (κ2) is 9.57. The van der Waals surface area contributed by atoms with Gasteiger partial charge >= 0.3 is 0 Å². The highest BCUT2D eigenvalue weighted by Gasteiger charge is 2.05. The number of nitrogens with two attached hydrogens (primary N) is 1. The lowest BCUT2D eigenvalue weighted by Crippen LogP contribution is -2.25. The summed E-state index contributed by atoms with van der Waals surface area (Å²) in [6, 6.07) is 15.5. The summed E-state index contributed by atoms with van der Waals surface area (Å²) in [5.41, 5.74) is 8.69. The van der Waals surface area contributed by atoms with Crippen LogP contribution in [0.3, 0.4) is 0 Å². The minimum Gasteiger partial charge on any atom is -0.487 e. The van der Waals surface area contributed by atoms with Crippen molar-refractivity contribution >= 4 is 11.6 Å². The van der Waals surface area contributed by atoms with Crippen LogP contribution in [0.2, 0.25) is 0 Å². The fraction of sp³-hybridized carbons (Fsp3) is 0.316. The number of benzene rings is 2. The van der Waals surface area contributed by atoms with Gasteiger partial charge < -0.3 is 20.9 Å². The normalized spacial score (nSPS) is 10.4. The summed E-state index contributed by atoms with van der Waals surface area (Å²) < 4.78 is 5.74. The van der Waals surface area contributed by atoms with Crippen LogP contribution >= 0.6 is 0 Å². The molecule has 0 saturated carbocycles. The second-order valence-electron chi connectivity index (χ2n) is 5.57. The molecule has 0 atom stereocenters. The predicted molar refractivity (Wildman–Crippen MR) is 94.7 cm³/mol. The molecule has 4 N–H and O–H groups in total. The summed E-state index contributed by atoms with van der Waals surface area (Å²) in [7, 11) is 0. The second-order valence-corrected chi connectivity index (χ2v) is 5.57. The molecule has 0 unspecified atom stereocenters. The Morgan fingerprint density at radius 1 is 1.12 bits per heavy atom. The van der Waals surface area contributed by atoms with E-state index in [1.807, 2.05) is 48.5 Å². The van der Waals surface area contributed by atoms with Gasteiger partial charge in [-0.2, -0.15) is 0 Å². The van der Waals surface area contributed by atoms with E-state index in [-0.39, 0.29) is 12.5 Å². The quantitative estimate of drug-likeness (QED) is 0.487. The van der Waals surface area contributed by atoms with Crippen LogP contribution < -0.4 is 15.8 Å². The van der Waals surface area contributed by atoms with Crippen molar-refractivity contribution in [2.45, 2.75) is 25.9 Å². The number of carbonyl (C=O) groups excluding carboxylic acids is 1. The Morgan fingerprint density at radius 2 is 1.92 bits per heavy atom. The average molecular weight is 328 g/mol. The molecule has 0 spiro atoms. The van der Waals surface area contributed by atoms with Gasteiger partial charge in [0.05, 0.1) is 5.69 Å². The summed E-state index contributed by atoms with van der Waals surface area (Å²) in [5.74, 6) is 0.626. The van der Waals surface area contributed by atoms with Crippen LogP contribution in [0.15, 0.2) is 48.5 Å². The van der Waals surface area contributed by atoms with Crippen molar-refractivity contribution < 1.29 is 14.6 Å². The number of aliphatic hydroxyl groups excluding tert-OH is 1. The topological polar surface area (TPSA) is 84.6 Å². The fourth-order valence-electron chi connectivity index (χ4n) is 2.27. The van der Waals surface area contributed by atoms with E-state index in [0.717, 1.165) is 11.1 Å². The first-order chi connectivity index (χ1) is 11.7. The standard InChI is InChI=1S/C19H24N2O3/c20-17-13-15(8-10-19(23)21-11-4-12-22)7-9-18(17)24-14-16-5-2-1-3-6-16/h1-3,5-7,9,13,22H,4,8,10-12,14,20H2,(H,21,23). The first-order valence-electron chi connectivity index (χ1n) is 8.11. The van der Waals surface area contributed by atoms with Gasteiger partial charge in [0.1, 0.15) is 12.4 Å². The smallest absolute Gasteiger partial charge is 0.220 e. The number of nitrogen functional groups attached to an aromatic ring is 1. The predicted octanol–water partition coefficient (Wildman–Crippen LogP) is 2.28. The number of hydrogen-bond donors (Lipinski definition) is 3. The maximum Gasteiger partial charge on any atom is 0.220 e. The molecule has 5 nitrogen and oxygen atoms in total. The lowest BCUT2D eigenvalue weighted by atomic mass is 10.1. The summed E-state index contributed by atoms with van der Waals surface area (Å²) in [6.45, 7) is 1.06. The molecule has 0 bridgehead atoms. The minimum absolute atomic E-state index is 0.0218. The molecule has 0 aliphatic carbocycles. The number of hydrogen-bond acceptors (Lipinski definition) is 4. The highest BCUT2D eigenvalue weighted by atomic mass is 16.5. The average Bonchev–Trinajstić information content (AvgIpc) is 2.60. The van der Waals surface area contributed by atoms with Gasteiger partial charge in [0.15, 0.2) is 0 Å². The molecule has 2 aromatic carbocycles. The molecule has 0 radical (unpaired) electrons. The van der Waals surface area contributed by atoms with Gasteiger partial charge in [-0.15, -0.1) is 0 Å². The van der Waals surface area contributed by atoms with E-state index >= 15 is 0 Å². The van der Waals surface area contributed by atoms with E-state index in [2.05, 4.69) is 5.32 Å². The number of nitrogens with one attached hydrogen (secondary N) is 1. The number of aryl methyl sites for hydroxylation is 1. The van der Waals surface area contributed by atoms with Crippen molar-refractivity contribution in [3.8, 4) is 5.75 Å². The van der Waals surface area contributed by atoms with E-state index < -0.39 is 0 Å². The van der Waals surface area contributed by atoms with Crippen LogP contribution in [0.4, 0.5) is 5.69 Å². The molecule has 0 saturated heterocycles. The van der Waals surface area contributed by atoms with Crippen LogP contribution in [0.1, 0.15) is 24.0 Å². The molecule has 1 amide bonds. The molecule has 24 heavy (non-hydrogen) atoms. The van der Waals surface area contributed by atoms with Crippen molar-refractivity contribution in [2.24, 2.45) is 0 Å². The van der Waals surface area contributed by atoms with E-state index in [4.69, 9.17) is 15.6 Å². The van der Waals surface area contributed by atoms with Gasteiger partial charge in [-0.25, -0.2) is 0 Å². The van der Waals surface area contributed by atoms with Gasteiger partial charge in [0, 0.05) is 19.6 Å². The molecule has 0 heterocycles. The lowest BCUT2D eigenvalue weighted by molar-refractivity contribution is -0.121. The summed E-state index contributed by atoms with van der Waals surface area (Å²) in [5, 5.41) is 11.4. The summed E-state index contributed by atoms with van der Waals surface area (Å²) in [4.78, 5) is 11.7. The van der Waals surface area contributed by atoms with E-state index in [0.29, 0.717) is 43.9 Å². The Bertz CT molecular complexity index is 644. The number of anilines is 1. The van der Waals surface area contributed by atoms with Crippen LogP contribution in [0, 0.1) is 0 Å². The molecular formula is C19H24N2O3. The number of rotatable bonds is 9. The van der Waals surface area contributed by atoms with Crippen molar-refractivity contribution in [2.75, 3.05) is 18.9 Å². The van der Waals surface area contributed by atoms with E-state index in [9.17, 15) is 4.79 Å². The highest BCUT2D eigenvalue weighted by Crippen LogP contribution is 2.24. The van der Waals surface area contributed by atoms with Crippen LogP contribution in [-0.4, -0.2) is 24.2 Å². The Balaban J connectivity index is 1.82. The zero-order valence-electron chi connectivity index (χ0n) is 13.7. The number of aliphatic hydroxyl groups is 1. The number of ether oxygens (including phenoxy) is 1. The summed E-state index contributed by atoms with van der Waals surface area (Å²) >= 11 is 0. The molecular weight excluding hydrogens is 304 g/mol. The van der Waals surface area contributed by atoms with Crippen molar-refractivity contribution in [1.82, 2.24) is 5.32 Å². The largest absolute Gasteiger partial charge is 0.487 e. The zero-order valence-corrected chi connectivity index (χ0v) is 13.7. The van der Waals surface area contributed by atoms with Gasteiger partial charge in [-0.05, 0) is 36.1 Å². The third-order valence-electron chi connectivity index (χ3n) is 3.61. The minimum atomic E-state index is -0.0218. The SMILES string of the molecule is Nc1cc(CCC(=O)NCCCO)ccc1OCc1ccccc1. The van der Waals surface area contributed by atoms with Gasteiger partial charge in [-0.3, -0.25) is 4.79 Å². The Hall–Kier alpha value is -2.53. The van der Waals surface area contributed by atoms with Crippen LogP contribution in [0.25, 0.3) is 0 Å². The first kappa shape index (κ1) is 17.8. The molecule has 0 aliphatic rings. The first-order valence-corrected chi connectivity index (χ1v) is 8.11. The Labute approximate surface area is 142 Å². The fourth-order valence-corrected chi connectivity index (χ4v) is 2.27. The number of amides is 1. The zero-order chi connectivity index (χ0) is 17.2. The van der Waals surface area contributed by atoms with E-state index in [1.54, 1.807) is 0 Å². The summed E-state index contributed by atoms with van der Waals surface area (Å²) in [6.07, 6.45) is 1.59. The molecule has 5 heteroatoms. The third-order valence-corrected chi connectivity index (χ3v) is 3.61. The monoisotopic (exact) mass is 328 g/mol. The molecule has 0 aliphatic heterocycles. The van der Waals surface area contributed by atoms with Crippen molar-refractivity contribution in [3.63, 3.8) is 0 Å². The maximum absolute atomic E-state index is 11.7. The highest BCUT2D eigenvalue weighted by molar-refractivity contribution is 5.76. The Kier molecular flexibility index (Phi) is 7.11. The molecule has 0 fully saturated rings. The van der Waals surface area contributed by atoms with Crippen LogP contribution in [-0.2, 0) is 17.8 Å². The molecule has 0 aromatic heterocycles. The van der Waals surface area contributed by atoms with Gasteiger partial charge in [-0.1, -0.05) is 36.4 Å². The maximum atomic E-state index is 11.7. The molecule has 128 valence electrons. The van der Waals surface area contributed by atoms with Gasteiger partial charge in [0.2, 0.25) is 5.91 Å². The lowest BCUT2D eigenvalue weighted by Gasteiger charge is -2.11. The third kappa shape index (κ3) is 5.93. The number of carbonyl (C=O) groups is 1.